The number of nitrogens with two attached hydrogens (primary N) is 2. The summed E-state index contributed by atoms with van der Waals surface area (Å²) in [4.78, 5) is 27.2. The maximum atomic E-state index is 15.1. The van der Waals surface area contributed by atoms with Gasteiger partial charge in [-0.1, -0.05) is 115 Å². The van der Waals surface area contributed by atoms with Crippen LogP contribution in [0.25, 0.3) is 0 Å². The molecule has 0 aliphatic carbocycles. The van der Waals surface area contributed by atoms with Gasteiger partial charge < -0.3 is 36.5 Å². The van der Waals surface area contributed by atoms with E-state index < -0.39 is 25.3 Å². The van der Waals surface area contributed by atoms with E-state index in [0.717, 1.165) is 11.1 Å². The minimum absolute atomic E-state index is 0.0468. The largest absolute Gasteiger partial charge is 0.457 e. The lowest BCUT2D eigenvalue weighted by atomic mass is 10.0. The Morgan fingerprint density at radius 2 is 1.07 bits per heavy atom. The molecule has 288 valence electrons. The number of hydrogen-bond donors (Lipinski definition) is 7. The van der Waals surface area contributed by atoms with E-state index in [1.165, 1.54) is 0 Å². The Morgan fingerprint density at radius 3 is 1.58 bits per heavy atom. The van der Waals surface area contributed by atoms with Crippen LogP contribution in [0.4, 0.5) is 5.69 Å². The molecular formula is C44H42N7O5P. The Morgan fingerprint density at radius 1 is 0.596 bits per heavy atom. The number of nitrogen functional groups attached to an aromatic ring is 2. The summed E-state index contributed by atoms with van der Waals surface area (Å²) in [7, 11) is -4.16. The van der Waals surface area contributed by atoms with E-state index in [-0.39, 0.29) is 36.1 Å². The van der Waals surface area contributed by atoms with Crippen LogP contribution in [0.5, 0.6) is 11.5 Å². The van der Waals surface area contributed by atoms with Gasteiger partial charge in [-0.05, 0) is 65.2 Å². The molecule has 9 N–H and O–H groups in total. The number of amides is 2. The SMILES string of the molecule is N=C(N)c1ccc(CNC(=O)[C@H](Cc2ccccc2)NC(=O)c2ccc(NC(c3ccc(C(=N)N)cc3)P(=O)(Oc3ccccc3)Oc3ccccc3)cc2)cc1. The summed E-state index contributed by atoms with van der Waals surface area (Å²) < 4.78 is 27.5. The lowest BCUT2D eigenvalue weighted by molar-refractivity contribution is -0.123. The van der Waals surface area contributed by atoms with Gasteiger partial charge in [-0.3, -0.25) is 20.4 Å². The van der Waals surface area contributed by atoms with Crippen molar-refractivity contribution in [1.82, 2.24) is 10.6 Å². The van der Waals surface area contributed by atoms with E-state index in [0.29, 0.717) is 33.9 Å². The Hall–Kier alpha value is -7.17. The molecule has 12 nitrogen and oxygen atoms in total. The first-order chi connectivity index (χ1) is 27.6. The lowest BCUT2D eigenvalue weighted by Gasteiger charge is -2.29. The molecular weight excluding hydrogens is 738 g/mol. The second-order valence-electron chi connectivity index (χ2n) is 13.1. The van der Waals surface area contributed by atoms with E-state index in [1.807, 2.05) is 42.5 Å². The average molecular weight is 780 g/mol. The Bertz CT molecular complexity index is 2300. The molecule has 2 atom stereocenters. The monoisotopic (exact) mass is 779 g/mol. The zero-order valence-corrected chi connectivity index (χ0v) is 31.7. The van der Waals surface area contributed by atoms with Crippen LogP contribution < -0.4 is 36.5 Å². The van der Waals surface area contributed by atoms with Crippen LogP contribution in [-0.2, 0) is 22.3 Å². The summed E-state index contributed by atoms with van der Waals surface area (Å²) in [5.74, 6) is -1.41. The van der Waals surface area contributed by atoms with E-state index in [4.69, 9.17) is 31.3 Å². The minimum Gasteiger partial charge on any atom is -0.414 e. The maximum Gasteiger partial charge on any atom is 0.457 e. The third-order valence-corrected chi connectivity index (χ3v) is 10.9. The highest BCUT2D eigenvalue weighted by atomic mass is 31.2. The standard InChI is InChI=1S/C44H42N7O5P/c45-40(46)32-18-16-31(17-19-32)29-49-43(53)39(28-30-10-4-1-5-11-30)51-42(52)34-24-26-36(27-25-34)50-44(35-22-20-33(21-23-35)41(47)48)57(54,55-37-12-6-2-7-13-37)56-38-14-8-3-9-15-38/h1-27,39,44,50H,28-29H2,(H3,45,46)(H3,47,48)(H,49,53)(H,51,52)/t39-,44?/m0/s1. The summed E-state index contributed by atoms with van der Waals surface area (Å²) >= 11 is 0. The number of nitrogens with one attached hydrogen (secondary N) is 5. The first-order valence-electron chi connectivity index (χ1n) is 18.0. The second kappa shape index (κ2) is 18.4. The van der Waals surface area contributed by atoms with Gasteiger partial charge in [0.25, 0.3) is 5.91 Å². The molecule has 1 unspecified atom stereocenters. The highest BCUT2D eigenvalue weighted by Crippen LogP contribution is 2.60. The van der Waals surface area contributed by atoms with Crippen molar-refractivity contribution in [2.24, 2.45) is 11.5 Å². The van der Waals surface area contributed by atoms with Gasteiger partial charge in [0.15, 0.2) is 5.78 Å². The molecule has 2 amide bonds. The van der Waals surface area contributed by atoms with Crippen LogP contribution in [0, 0.1) is 10.8 Å². The predicted octanol–water partition coefficient (Wildman–Crippen LogP) is 7.37. The summed E-state index contributed by atoms with van der Waals surface area (Å²) in [6.45, 7) is 0.211. The molecule has 6 rings (SSSR count). The summed E-state index contributed by atoms with van der Waals surface area (Å²) in [6, 6.07) is 46.1. The molecule has 6 aromatic carbocycles. The fourth-order valence-corrected chi connectivity index (χ4v) is 7.79. The second-order valence-corrected chi connectivity index (χ2v) is 15.0. The number of rotatable bonds is 17. The highest BCUT2D eigenvalue weighted by Gasteiger charge is 2.41. The third kappa shape index (κ3) is 10.7. The highest BCUT2D eigenvalue weighted by molar-refractivity contribution is 7.55. The van der Waals surface area contributed by atoms with Crippen LogP contribution in [0.1, 0.15) is 44.0 Å². The van der Waals surface area contributed by atoms with Crippen molar-refractivity contribution in [1.29, 1.82) is 10.8 Å². The predicted molar refractivity (Wildman–Crippen MR) is 223 cm³/mol. The Kier molecular flexibility index (Phi) is 12.8. The molecule has 0 spiro atoms. The number of amidine groups is 2. The zero-order chi connectivity index (χ0) is 40.2. The fourth-order valence-electron chi connectivity index (χ4n) is 5.86. The van der Waals surface area contributed by atoms with Gasteiger partial charge in [0.05, 0.1) is 0 Å². The Labute approximate surface area is 330 Å². The number of carbonyl (C=O) groups excluding carboxylic acids is 2. The first kappa shape index (κ1) is 39.5. The van der Waals surface area contributed by atoms with E-state index in [9.17, 15) is 9.59 Å². The topological polar surface area (TPSA) is 205 Å². The van der Waals surface area contributed by atoms with Crippen molar-refractivity contribution < 1.29 is 23.2 Å². The normalized spacial score (nSPS) is 12.0. The van der Waals surface area contributed by atoms with Gasteiger partial charge in [0.1, 0.15) is 29.2 Å². The van der Waals surface area contributed by atoms with E-state index in [2.05, 4.69) is 16.0 Å². The maximum absolute atomic E-state index is 15.1. The van der Waals surface area contributed by atoms with Crippen molar-refractivity contribution in [2.45, 2.75) is 24.8 Å². The average Bonchev–Trinajstić information content (AvgIpc) is 3.23. The number of carbonyl (C=O) groups is 2. The smallest absolute Gasteiger partial charge is 0.414 e. The van der Waals surface area contributed by atoms with Crippen molar-refractivity contribution >= 4 is 36.8 Å². The van der Waals surface area contributed by atoms with Gasteiger partial charge in [0, 0.05) is 35.3 Å². The summed E-state index contributed by atoms with van der Waals surface area (Å²) in [5, 5.41) is 24.6. The summed E-state index contributed by atoms with van der Waals surface area (Å²) in [6.07, 6.45) is 0.254. The molecule has 57 heavy (non-hydrogen) atoms. The molecule has 0 aromatic heterocycles. The molecule has 0 saturated heterocycles. The van der Waals surface area contributed by atoms with Crippen LogP contribution in [0.3, 0.4) is 0 Å². The molecule has 0 bridgehead atoms. The van der Waals surface area contributed by atoms with Crippen molar-refractivity contribution in [3.05, 3.63) is 197 Å². The van der Waals surface area contributed by atoms with Crippen molar-refractivity contribution in [2.75, 3.05) is 5.32 Å². The van der Waals surface area contributed by atoms with Gasteiger partial charge in [-0.2, -0.15) is 0 Å². The number of para-hydroxylation sites is 2. The van der Waals surface area contributed by atoms with Crippen LogP contribution in [-0.4, -0.2) is 29.5 Å². The fraction of sp³-hybridized carbons (Fsp3) is 0.0909. The number of benzene rings is 6. The van der Waals surface area contributed by atoms with Gasteiger partial charge in [-0.15, -0.1) is 0 Å². The molecule has 0 aliphatic heterocycles. The Balaban J connectivity index is 1.24. The number of anilines is 1. The van der Waals surface area contributed by atoms with Crippen molar-refractivity contribution in [3.63, 3.8) is 0 Å². The van der Waals surface area contributed by atoms with E-state index >= 15 is 4.57 Å². The third-order valence-electron chi connectivity index (χ3n) is 8.89. The van der Waals surface area contributed by atoms with Crippen LogP contribution >= 0.6 is 7.60 Å². The molecule has 0 aliphatic rings. The minimum atomic E-state index is -4.16. The van der Waals surface area contributed by atoms with Gasteiger partial charge in [-0.25, -0.2) is 4.57 Å². The van der Waals surface area contributed by atoms with Gasteiger partial charge >= 0.3 is 7.60 Å². The molecule has 0 radical (unpaired) electrons. The number of hydrogen-bond acceptors (Lipinski definition) is 8. The quantitative estimate of drug-likeness (QED) is 0.0282. The molecule has 0 heterocycles. The first-order valence-corrected chi connectivity index (χ1v) is 19.6. The molecule has 0 saturated carbocycles. The summed E-state index contributed by atoms with van der Waals surface area (Å²) in [5.41, 5.74) is 15.3. The molecule has 0 fully saturated rings. The van der Waals surface area contributed by atoms with Crippen LogP contribution in [0.15, 0.2) is 164 Å². The van der Waals surface area contributed by atoms with Crippen LogP contribution in [0.2, 0.25) is 0 Å². The molecule has 6 aromatic rings. The van der Waals surface area contributed by atoms with Gasteiger partial charge in [0.2, 0.25) is 5.91 Å². The molecule has 13 heteroatoms. The lowest BCUT2D eigenvalue weighted by Crippen LogP contribution is -2.47. The van der Waals surface area contributed by atoms with Crippen molar-refractivity contribution in [3.8, 4) is 11.5 Å². The van der Waals surface area contributed by atoms with E-state index in [1.54, 1.807) is 121 Å². The zero-order valence-electron chi connectivity index (χ0n) is 30.8.